The molecule has 0 aliphatic carbocycles. The van der Waals surface area contributed by atoms with Gasteiger partial charge in [-0.2, -0.15) is 0 Å². The van der Waals surface area contributed by atoms with Crippen LogP contribution < -0.4 is 0 Å². The van der Waals surface area contributed by atoms with Crippen LogP contribution in [0.4, 0.5) is 0 Å². The first-order chi connectivity index (χ1) is 6.72. The van der Waals surface area contributed by atoms with E-state index in [1.807, 2.05) is 0 Å². The van der Waals surface area contributed by atoms with Crippen molar-refractivity contribution in [1.29, 1.82) is 0 Å². The minimum atomic E-state index is 1.00. The largest absolute Gasteiger partial charge is 0.144 e. The van der Waals surface area contributed by atoms with Crippen LogP contribution >= 0.6 is 69.8 Å². The van der Waals surface area contributed by atoms with Crippen molar-refractivity contribution in [2.45, 2.75) is 0 Å². The van der Waals surface area contributed by atoms with Crippen molar-refractivity contribution in [3.8, 4) is 0 Å². The summed E-state index contributed by atoms with van der Waals surface area (Å²) in [6, 6.07) is 4.41. The van der Waals surface area contributed by atoms with Crippen molar-refractivity contribution in [2.75, 3.05) is 0 Å². The standard InChI is InChI=1S/C8H2S6/c9-7-11-3-1-4-6(2-5(3)13-7)14-8(10)12-4/h1-2H. The monoisotopic (exact) mass is 290 g/mol. The van der Waals surface area contributed by atoms with Crippen LogP contribution in [0.15, 0.2) is 12.1 Å². The SMILES string of the molecule is S=c1sc2cc3sc(=S)sc3cc2s1. The maximum atomic E-state index is 5.17. The van der Waals surface area contributed by atoms with Crippen molar-refractivity contribution in [2.24, 2.45) is 0 Å². The van der Waals surface area contributed by atoms with E-state index in [0.717, 1.165) is 6.28 Å². The summed E-state index contributed by atoms with van der Waals surface area (Å²) >= 11 is 17.1. The second kappa shape index (κ2) is 3.40. The molecule has 0 saturated carbocycles. The van der Waals surface area contributed by atoms with Gasteiger partial charge in [0, 0.05) is 18.8 Å². The quantitative estimate of drug-likeness (QED) is 0.487. The number of hydrogen-bond acceptors (Lipinski definition) is 6. The van der Waals surface area contributed by atoms with E-state index in [9.17, 15) is 0 Å². The molecule has 6 heteroatoms. The van der Waals surface area contributed by atoms with E-state index in [2.05, 4.69) is 12.1 Å². The van der Waals surface area contributed by atoms with Crippen LogP contribution in [-0.2, 0) is 0 Å². The van der Waals surface area contributed by atoms with Gasteiger partial charge in [0.15, 0.2) is 0 Å². The third-order valence-corrected chi connectivity index (χ3v) is 6.94. The number of benzene rings is 1. The van der Waals surface area contributed by atoms with Gasteiger partial charge in [-0.05, 0) is 12.1 Å². The van der Waals surface area contributed by atoms with Gasteiger partial charge in [0.05, 0.1) is 0 Å². The van der Waals surface area contributed by atoms with Gasteiger partial charge in [0.2, 0.25) is 0 Å². The summed E-state index contributed by atoms with van der Waals surface area (Å²) in [7, 11) is 0. The Morgan fingerprint density at radius 2 is 0.929 bits per heavy atom. The Kier molecular flexibility index (Phi) is 2.31. The van der Waals surface area contributed by atoms with E-state index in [1.165, 1.54) is 18.8 Å². The predicted molar refractivity (Wildman–Crippen MR) is 74.6 cm³/mol. The fourth-order valence-corrected chi connectivity index (χ4v) is 6.44. The second-order valence-corrected chi connectivity index (χ2v) is 9.23. The molecule has 0 spiro atoms. The first-order valence-corrected chi connectivity index (χ1v) is 7.78. The molecule has 2 aromatic heterocycles. The Morgan fingerprint density at radius 1 is 0.643 bits per heavy atom. The lowest BCUT2D eigenvalue weighted by Crippen LogP contribution is -1.59. The molecule has 0 radical (unpaired) electrons. The van der Waals surface area contributed by atoms with Crippen molar-refractivity contribution in [3.63, 3.8) is 0 Å². The Balaban J connectivity index is 2.61. The normalized spacial score (nSPS) is 11.4. The van der Waals surface area contributed by atoms with Crippen LogP contribution in [0.2, 0.25) is 0 Å². The van der Waals surface area contributed by atoms with Gasteiger partial charge in [0.25, 0.3) is 0 Å². The Bertz CT molecular complexity index is 605. The molecule has 1 aromatic carbocycles. The highest BCUT2D eigenvalue weighted by molar-refractivity contribution is 7.77. The fraction of sp³-hybridized carbons (Fsp3) is 0. The lowest BCUT2D eigenvalue weighted by atomic mass is 10.4. The molecular formula is C8H2S6. The topological polar surface area (TPSA) is 0 Å². The summed E-state index contributed by atoms with van der Waals surface area (Å²) < 4.78 is 7.16. The molecule has 0 nitrogen and oxygen atoms in total. The van der Waals surface area contributed by atoms with E-state index in [-0.39, 0.29) is 0 Å². The predicted octanol–water partition coefficient (Wildman–Crippen LogP) is 5.70. The van der Waals surface area contributed by atoms with E-state index in [4.69, 9.17) is 24.4 Å². The summed E-state index contributed by atoms with van der Waals surface area (Å²) in [5, 5.41) is 0. The highest BCUT2D eigenvalue weighted by atomic mass is 32.2. The average Bonchev–Trinajstić information content (AvgIpc) is 2.59. The zero-order valence-electron chi connectivity index (χ0n) is 6.60. The van der Waals surface area contributed by atoms with Gasteiger partial charge >= 0.3 is 0 Å². The summed E-state index contributed by atoms with van der Waals surface area (Å²) in [5.74, 6) is 0. The molecule has 0 aliphatic heterocycles. The minimum Gasteiger partial charge on any atom is -0.113 e. The molecule has 0 amide bonds. The Morgan fingerprint density at radius 3 is 1.21 bits per heavy atom. The Labute approximate surface area is 106 Å². The molecule has 0 N–H and O–H groups in total. The van der Waals surface area contributed by atoms with Crippen LogP contribution in [0, 0.1) is 6.28 Å². The molecule has 0 atom stereocenters. The summed E-state index contributed by atoms with van der Waals surface area (Å²) in [4.78, 5) is 0. The van der Waals surface area contributed by atoms with Gasteiger partial charge in [0.1, 0.15) is 6.28 Å². The van der Waals surface area contributed by atoms with Crippen LogP contribution in [0.25, 0.3) is 18.8 Å². The lowest BCUT2D eigenvalue weighted by molar-refractivity contribution is 2.21. The zero-order valence-corrected chi connectivity index (χ0v) is 11.5. The maximum Gasteiger partial charge on any atom is 0.144 e. The lowest BCUT2D eigenvalue weighted by Gasteiger charge is -1.87. The molecule has 3 aromatic rings. The van der Waals surface area contributed by atoms with Crippen LogP contribution in [0.1, 0.15) is 0 Å². The van der Waals surface area contributed by atoms with E-state index in [1.54, 1.807) is 45.3 Å². The first-order valence-electron chi connectivity index (χ1n) is 3.70. The second-order valence-electron chi connectivity index (χ2n) is 2.65. The molecular weight excluding hydrogens is 288 g/mol. The molecule has 0 saturated heterocycles. The molecule has 70 valence electrons. The number of rotatable bonds is 0. The maximum absolute atomic E-state index is 5.17. The molecule has 14 heavy (non-hydrogen) atoms. The van der Waals surface area contributed by atoms with Crippen LogP contribution in [0.5, 0.6) is 0 Å². The molecule has 0 aliphatic rings. The van der Waals surface area contributed by atoms with Gasteiger partial charge in [-0.15, -0.1) is 45.3 Å². The fourth-order valence-electron chi connectivity index (χ4n) is 1.24. The third kappa shape index (κ3) is 1.50. The zero-order chi connectivity index (χ0) is 9.71. The molecule has 2 heterocycles. The van der Waals surface area contributed by atoms with Crippen molar-refractivity contribution in [3.05, 3.63) is 18.4 Å². The molecule has 0 unspecified atom stereocenters. The summed E-state index contributed by atoms with van der Waals surface area (Å²) in [6.45, 7) is 0. The van der Waals surface area contributed by atoms with Gasteiger partial charge in [-0.25, -0.2) is 0 Å². The number of fused-ring (bicyclic) bond motifs is 2. The van der Waals surface area contributed by atoms with Crippen LogP contribution in [-0.4, -0.2) is 0 Å². The highest BCUT2D eigenvalue weighted by Crippen LogP contribution is 2.36. The summed E-state index contributed by atoms with van der Waals surface area (Å²) in [5.41, 5.74) is 0. The van der Waals surface area contributed by atoms with Crippen LogP contribution in [0.3, 0.4) is 0 Å². The molecule has 0 bridgehead atoms. The third-order valence-electron chi connectivity index (χ3n) is 1.78. The van der Waals surface area contributed by atoms with Crippen molar-refractivity contribution < 1.29 is 0 Å². The van der Waals surface area contributed by atoms with E-state index < -0.39 is 0 Å². The smallest absolute Gasteiger partial charge is 0.113 e. The molecule has 0 fully saturated rings. The van der Waals surface area contributed by atoms with Crippen molar-refractivity contribution >= 4 is 88.6 Å². The molecule has 3 rings (SSSR count). The van der Waals surface area contributed by atoms with Gasteiger partial charge in [-0.1, -0.05) is 24.4 Å². The van der Waals surface area contributed by atoms with E-state index in [0.29, 0.717) is 0 Å². The van der Waals surface area contributed by atoms with Gasteiger partial charge in [-0.3, -0.25) is 0 Å². The minimum absolute atomic E-state index is 1.00. The number of hydrogen-bond donors (Lipinski definition) is 0. The average molecular weight is 291 g/mol. The first kappa shape index (κ1) is 9.50. The Hall–Kier alpha value is 0.280. The summed E-state index contributed by atoms with van der Waals surface area (Å²) in [6.07, 6.45) is 0. The van der Waals surface area contributed by atoms with Crippen molar-refractivity contribution in [1.82, 2.24) is 0 Å². The van der Waals surface area contributed by atoms with E-state index >= 15 is 0 Å². The highest BCUT2D eigenvalue weighted by Gasteiger charge is 2.03. The van der Waals surface area contributed by atoms with Gasteiger partial charge < -0.3 is 0 Å².